The summed E-state index contributed by atoms with van der Waals surface area (Å²) in [5, 5.41) is 2.68. The fourth-order valence-corrected chi connectivity index (χ4v) is 1.98. The zero-order valence-electron chi connectivity index (χ0n) is 9.98. The largest absolute Gasteiger partial charge is 0.455 e. The number of carbonyl (C=O) groups is 2. The molecule has 1 aromatic carbocycles. The highest BCUT2D eigenvalue weighted by molar-refractivity contribution is 14.1. The average molecular weight is 359 g/mol. The van der Waals surface area contributed by atoms with Crippen molar-refractivity contribution in [3.8, 4) is 0 Å². The van der Waals surface area contributed by atoms with Gasteiger partial charge in [0.2, 0.25) is 0 Å². The molecule has 1 aliphatic rings. The molecule has 0 radical (unpaired) electrons. The summed E-state index contributed by atoms with van der Waals surface area (Å²) >= 11 is 2.19. The van der Waals surface area contributed by atoms with E-state index in [1.165, 1.54) is 0 Å². The van der Waals surface area contributed by atoms with Gasteiger partial charge in [0.1, 0.15) is 0 Å². The molecule has 0 aromatic heterocycles. The van der Waals surface area contributed by atoms with Crippen LogP contribution in [0.15, 0.2) is 24.3 Å². The Morgan fingerprint density at radius 1 is 1.39 bits per heavy atom. The second-order valence-electron chi connectivity index (χ2n) is 4.48. The van der Waals surface area contributed by atoms with Crippen LogP contribution in [0.3, 0.4) is 0 Å². The van der Waals surface area contributed by atoms with Crippen LogP contribution in [0.2, 0.25) is 0 Å². The lowest BCUT2D eigenvalue weighted by atomic mass is 10.3. The Morgan fingerprint density at radius 2 is 2.00 bits per heavy atom. The summed E-state index contributed by atoms with van der Waals surface area (Å²) in [4.78, 5) is 23.0. The van der Waals surface area contributed by atoms with Crippen LogP contribution in [0.1, 0.15) is 13.3 Å². The minimum Gasteiger partial charge on any atom is -0.455 e. The highest BCUT2D eigenvalue weighted by Crippen LogP contribution is 2.38. The summed E-state index contributed by atoms with van der Waals surface area (Å²) in [7, 11) is 0. The SMILES string of the molecule is C[C@H]1C[C@H]1C(=O)OCC(=O)Nc1ccc(I)cc1. The highest BCUT2D eigenvalue weighted by atomic mass is 127. The molecule has 1 saturated carbocycles. The van der Waals surface area contributed by atoms with Crippen LogP contribution in [0.25, 0.3) is 0 Å². The maximum Gasteiger partial charge on any atom is 0.309 e. The van der Waals surface area contributed by atoms with Gasteiger partial charge in [-0.3, -0.25) is 9.59 Å². The lowest BCUT2D eigenvalue weighted by molar-refractivity contribution is -0.148. The van der Waals surface area contributed by atoms with E-state index < -0.39 is 0 Å². The van der Waals surface area contributed by atoms with Crippen LogP contribution in [0, 0.1) is 15.4 Å². The molecule has 5 heteroatoms. The number of hydrogen-bond donors (Lipinski definition) is 1. The number of rotatable bonds is 4. The maximum atomic E-state index is 11.5. The minimum atomic E-state index is -0.308. The van der Waals surface area contributed by atoms with Crippen molar-refractivity contribution in [1.29, 1.82) is 0 Å². The van der Waals surface area contributed by atoms with Crippen LogP contribution < -0.4 is 5.32 Å². The predicted molar refractivity (Wildman–Crippen MR) is 76.0 cm³/mol. The number of hydrogen-bond acceptors (Lipinski definition) is 3. The molecule has 1 N–H and O–H groups in total. The maximum absolute atomic E-state index is 11.5. The Morgan fingerprint density at radius 3 is 2.56 bits per heavy atom. The number of anilines is 1. The van der Waals surface area contributed by atoms with Crippen molar-refractivity contribution >= 4 is 40.2 Å². The van der Waals surface area contributed by atoms with Gasteiger partial charge in [-0.1, -0.05) is 6.92 Å². The van der Waals surface area contributed by atoms with Crippen molar-refractivity contribution in [1.82, 2.24) is 0 Å². The third-order valence-corrected chi connectivity index (χ3v) is 3.60. The van der Waals surface area contributed by atoms with Gasteiger partial charge in [-0.25, -0.2) is 0 Å². The number of esters is 1. The van der Waals surface area contributed by atoms with Crippen molar-refractivity contribution in [2.24, 2.45) is 11.8 Å². The van der Waals surface area contributed by atoms with Crippen LogP contribution in [-0.4, -0.2) is 18.5 Å². The monoisotopic (exact) mass is 359 g/mol. The summed E-state index contributed by atoms with van der Waals surface area (Å²) in [6, 6.07) is 7.41. The fraction of sp³-hybridized carbons (Fsp3) is 0.385. The topological polar surface area (TPSA) is 55.4 Å². The second kappa shape index (κ2) is 5.69. The molecule has 0 aliphatic heterocycles. The highest BCUT2D eigenvalue weighted by Gasteiger charge is 2.40. The first-order valence-electron chi connectivity index (χ1n) is 5.78. The molecule has 2 rings (SSSR count). The summed E-state index contributed by atoms with van der Waals surface area (Å²) in [6.45, 7) is 1.78. The average Bonchev–Trinajstić information content (AvgIpc) is 3.06. The Kier molecular flexibility index (Phi) is 4.21. The number of amides is 1. The van der Waals surface area contributed by atoms with E-state index in [0.717, 1.165) is 9.99 Å². The van der Waals surface area contributed by atoms with Gasteiger partial charge in [-0.15, -0.1) is 0 Å². The van der Waals surface area contributed by atoms with Gasteiger partial charge in [0.15, 0.2) is 6.61 Å². The van der Waals surface area contributed by atoms with Crippen LogP contribution in [-0.2, 0) is 14.3 Å². The molecule has 0 saturated heterocycles. The summed E-state index contributed by atoms with van der Waals surface area (Å²) in [5.41, 5.74) is 0.705. The summed E-state index contributed by atoms with van der Waals surface area (Å²) in [5.74, 6) is -0.175. The number of halogens is 1. The first-order chi connectivity index (χ1) is 8.56. The quantitative estimate of drug-likeness (QED) is 0.664. The number of benzene rings is 1. The molecule has 18 heavy (non-hydrogen) atoms. The molecule has 96 valence electrons. The first-order valence-corrected chi connectivity index (χ1v) is 6.86. The molecule has 0 bridgehead atoms. The van der Waals surface area contributed by atoms with Crippen molar-refractivity contribution < 1.29 is 14.3 Å². The zero-order valence-corrected chi connectivity index (χ0v) is 12.1. The molecular formula is C13H14INO3. The molecule has 0 heterocycles. The standard InChI is InChI=1S/C13H14INO3/c1-8-6-11(8)13(17)18-7-12(16)15-10-4-2-9(14)3-5-10/h2-5,8,11H,6-7H2,1H3,(H,15,16)/t8-,11+/m0/s1. The van der Waals surface area contributed by atoms with Crippen molar-refractivity contribution in [2.45, 2.75) is 13.3 Å². The van der Waals surface area contributed by atoms with Gasteiger partial charge in [0.25, 0.3) is 5.91 Å². The number of nitrogens with one attached hydrogen (secondary N) is 1. The molecule has 4 nitrogen and oxygen atoms in total. The lowest BCUT2D eigenvalue weighted by Gasteiger charge is -2.06. The third kappa shape index (κ3) is 3.69. The van der Waals surface area contributed by atoms with Crippen LogP contribution in [0.4, 0.5) is 5.69 Å². The molecule has 1 aliphatic carbocycles. The van der Waals surface area contributed by atoms with E-state index in [9.17, 15) is 9.59 Å². The van der Waals surface area contributed by atoms with Crippen molar-refractivity contribution in [2.75, 3.05) is 11.9 Å². The van der Waals surface area contributed by atoms with Gasteiger partial charge in [0.05, 0.1) is 5.92 Å². The van der Waals surface area contributed by atoms with E-state index in [2.05, 4.69) is 27.9 Å². The Labute approximate surface area is 119 Å². The molecule has 2 atom stereocenters. The van der Waals surface area contributed by atoms with Gasteiger partial charge in [0, 0.05) is 9.26 Å². The first kappa shape index (κ1) is 13.3. The summed E-state index contributed by atoms with van der Waals surface area (Å²) in [6.07, 6.45) is 0.873. The van der Waals surface area contributed by atoms with Crippen LogP contribution >= 0.6 is 22.6 Å². The molecule has 1 aromatic rings. The molecule has 1 amide bonds. The van der Waals surface area contributed by atoms with Gasteiger partial charge >= 0.3 is 5.97 Å². The molecule has 0 spiro atoms. The lowest BCUT2D eigenvalue weighted by Crippen LogP contribution is -2.21. The van der Waals surface area contributed by atoms with Gasteiger partial charge in [-0.05, 0) is 59.2 Å². The van der Waals surface area contributed by atoms with E-state index >= 15 is 0 Å². The van der Waals surface area contributed by atoms with Crippen molar-refractivity contribution in [3.05, 3.63) is 27.8 Å². The van der Waals surface area contributed by atoms with Crippen LogP contribution in [0.5, 0.6) is 0 Å². The Bertz CT molecular complexity index is 458. The van der Waals surface area contributed by atoms with Crippen molar-refractivity contribution in [3.63, 3.8) is 0 Å². The molecule has 0 unspecified atom stereocenters. The van der Waals surface area contributed by atoms with E-state index in [-0.39, 0.29) is 24.4 Å². The van der Waals surface area contributed by atoms with Gasteiger partial charge in [-0.2, -0.15) is 0 Å². The predicted octanol–water partition coefficient (Wildman–Crippen LogP) is 2.43. The smallest absolute Gasteiger partial charge is 0.309 e. The minimum absolute atomic E-state index is 0.00361. The number of ether oxygens (including phenoxy) is 1. The zero-order chi connectivity index (χ0) is 13.1. The Balaban J connectivity index is 1.75. The molecular weight excluding hydrogens is 345 g/mol. The van der Waals surface area contributed by atoms with Gasteiger partial charge < -0.3 is 10.1 Å². The molecule has 1 fully saturated rings. The number of carbonyl (C=O) groups excluding carboxylic acids is 2. The third-order valence-electron chi connectivity index (χ3n) is 2.89. The summed E-state index contributed by atoms with van der Waals surface area (Å²) < 4.78 is 6.04. The van der Waals surface area contributed by atoms with E-state index in [1.54, 1.807) is 0 Å². The second-order valence-corrected chi connectivity index (χ2v) is 5.73. The van der Waals surface area contributed by atoms with E-state index in [4.69, 9.17) is 4.74 Å². The normalized spacial score (nSPS) is 21.2. The van der Waals surface area contributed by atoms with E-state index in [1.807, 2.05) is 31.2 Å². The van der Waals surface area contributed by atoms with E-state index in [0.29, 0.717) is 11.6 Å². The Hall–Kier alpha value is -1.11. The fourth-order valence-electron chi connectivity index (χ4n) is 1.62.